The van der Waals surface area contributed by atoms with Gasteiger partial charge in [0.05, 0.1) is 6.04 Å². The van der Waals surface area contributed by atoms with Crippen LogP contribution in [0.15, 0.2) is 0 Å². The van der Waals surface area contributed by atoms with Gasteiger partial charge in [-0.05, 0) is 12.8 Å². The van der Waals surface area contributed by atoms with Crippen LogP contribution in [0.5, 0.6) is 0 Å². The Kier molecular flexibility index (Phi) is 3.28. The number of hydrogen-bond donors (Lipinski definition) is 1. The van der Waals surface area contributed by atoms with Crippen molar-refractivity contribution in [1.82, 2.24) is 5.32 Å². The van der Waals surface area contributed by atoms with E-state index in [-0.39, 0.29) is 23.4 Å². The minimum atomic E-state index is -0.304. The van der Waals surface area contributed by atoms with Gasteiger partial charge < -0.3 is 0 Å². The van der Waals surface area contributed by atoms with Crippen molar-refractivity contribution >= 4 is 5.78 Å². The van der Waals surface area contributed by atoms with Gasteiger partial charge in [0, 0.05) is 11.8 Å². The summed E-state index contributed by atoms with van der Waals surface area (Å²) in [5, 5.41) is 3.11. The molecular formula is C11H18N2O. The van der Waals surface area contributed by atoms with Gasteiger partial charge >= 0.3 is 0 Å². The fourth-order valence-electron chi connectivity index (χ4n) is 1.75. The highest BCUT2D eigenvalue weighted by atomic mass is 16.1. The maximum Gasteiger partial charge on any atom is 0.277 e. The van der Waals surface area contributed by atoms with Crippen molar-refractivity contribution in [3.05, 3.63) is 11.4 Å². The van der Waals surface area contributed by atoms with Crippen LogP contribution in [0.4, 0.5) is 0 Å². The molecule has 3 nitrogen and oxygen atoms in total. The van der Waals surface area contributed by atoms with Crippen LogP contribution in [0.25, 0.3) is 4.85 Å². The van der Waals surface area contributed by atoms with Gasteiger partial charge in [-0.15, -0.1) is 0 Å². The van der Waals surface area contributed by atoms with Crippen molar-refractivity contribution in [1.29, 1.82) is 0 Å². The molecule has 14 heavy (non-hydrogen) atoms. The topological polar surface area (TPSA) is 33.5 Å². The van der Waals surface area contributed by atoms with Crippen LogP contribution in [-0.4, -0.2) is 18.0 Å². The van der Waals surface area contributed by atoms with Crippen LogP contribution in [0, 0.1) is 12.0 Å². The Hall–Kier alpha value is -0.880. The molecule has 1 rings (SSSR count). The van der Waals surface area contributed by atoms with Gasteiger partial charge in [-0.3, -0.25) is 9.64 Å². The zero-order chi connectivity index (χ0) is 10.8. The third-order valence-electron chi connectivity index (χ3n) is 2.58. The van der Waals surface area contributed by atoms with Crippen molar-refractivity contribution in [2.75, 3.05) is 0 Å². The SMILES string of the molecule is [C-]#[N+]C1CCCC(C(=O)C(C)(C)C)N1. The molecule has 1 saturated heterocycles. The van der Waals surface area contributed by atoms with Crippen LogP contribution in [0.1, 0.15) is 40.0 Å². The van der Waals surface area contributed by atoms with Crippen LogP contribution in [0.3, 0.4) is 0 Å². The van der Waals surface area contributed by atoms with Gasteiger partial charge in [-0.1, -0.05) is 20.8 Å². The Morgan fingerprint density at radius 3 is 2.57 bits per heavy atom. The largest absolute Gasteiger partial charge is 0.297 e. The molecule has 0 aromatic carbocycles. The predicted molar refractivity (Wildman–Crippen MR) is 55.6 cm³/mol. The summed E-state index contributed by atoms with van der Waals surface area (Å²) in [5.41, 5.74) is -0.304. The van der Waals surface area contributed by atoms with E-state index in [1.807, 2.05) is 20.8 Å². The first kappa shape index (κ1) is 11.2. The molecule has 0 saturated carbocycles. The van der Waals surface area contributed by atoms with Gasteiger partial charge in [0.1, 0.15) is 0 Å². The average molecular weight is 194 g/mol. The van der Waals surface area contributed by atoms with Crippen molar-refractivity contribution in [3.63, 3.8) is 0 Å². The molecule has 2 atom stereocenters. The lowest BCUT2D eigenvalue weighted by Crippen LogP contribution is -2.49. The number of carbonyl (C=O) groups excluding carboxylic acids is 1. The highest BCUT2D eigenvalue weighted by Gasteiger charge is 2.34. The zero-order valence-electron chi connectivity index (χ0n) is 9.13. The lowest BCUT2D eigenvalue weighted by molar-refractivity contribution is -0.129. The Bertz CT molecular complexity index is 259. The molecule has 1 heterocycles. The van der Waals surface area contributed by atoms with Gasteiger partial charge in [0.25, 0.3) is 6.17 Å². The fourth-order valence-corrected chi connectivity index (χ4v) is 1.75. The molecule has 3 heteroatoms. The van der Waals surface area contributed by atoms with Gasteiger partial charge in [-0.25, -0.2) is 11.9 Å². The van der Waals surface area contributed by atoms with E-state index in [2.05, 4.69) is 10.2 Å². The molecule has 0 aromatic heterocycles. The third-order valence-corrected chi connectivity index (χ3v) is 2.58. The van der Waals surface area contributed by atoms with E-state index in [0.717, 1.165) is 19.3 Å². The predicted octanol–water partition coefficient (Wildman–Crippen LogP) is 1.99. The number of carbonyl (C=O) groups is 1. The van der Waals surface area contributed by atoms with E-state index in [1.54, 1.807) is 0 Å². The monoisotopic (exact) mass is 194 g/mol. The molecule has 1 aliphatic rings. The summed E-state index contributed by atoms with van der Waals surface area (Å²) in [5.74, 6) is 0.228. The standard InChI is InChI=1S/C11H18N2O/c1-11(2,3)10(14)8-6-5-7-9(12-4)13-8/h8-9,13H,5-7H2,1-3H3. The number of nitrogens with zero attached hydrogens (tertiary/aromatic N) is 1. The van der Waals surface area contributed by atoms with E-state index < -0.39 is 0 Å². The quantitative estimate of drug-likeness (QED) is 0.648. The van der Waals surface area contributed by atoms with Crippen LogP contribution < -0.4 is 5.32 Å². The molecule has 1 N–H and O–H groups in total. The lowest BCUT2D eigenvalue weighted by Gasteiger charge is -2.28. The zero-order valence-corrected chi connectivity index (χ0v) is 9.13. The van der Waals surface area contributed by atoms with Gasteiger partial charge in [0.2, 0.25) is 0 Å². The molecule has 1 aliphatic heterocycles. The Morgan fingerprint density at radius 2 is 2.07 bits per heavy atom. The normalized spacial score (nSPS) is 28.1. The molecule has 1 fully saturated rings. The maximum absolute atomic E-state index is 11.9. The summed E-state index contributed by atoms with van der Waals surface area (Å²) in [7, 11) is 0. The third kappa shape index (κ3) is 2.55. The Morgan fingerprint density at radius 1 is 1.43 bits per heavy atom. The van der Waals surface area contributed by atoms with E-state index in [1.165, 1.54) is 0 Å². The maximum atomic E-state index is 11.9. The minimum Gasteiger partial charge on any atom is -0.297 e. The van der Waals surface area contributed by atoms with Crippen LogP contribution in [0.2, 0.25) is 0 Å². The smallest absolute Gasteiger partial charge is 0.277 e. The second kappa shape index (κ2) is 4.10. The molecule has 78 valence electrons. The summed E-state index contributed by atoms with van der Waals surface area (Å²) < 4.78 is 0. The first-order chi connectivity index (χ1) is 6.45. The van der Waals surface area contributed by atoms with Crippen molar-refractivity contribution < 1.29 is 4.79 Å². The number of nitrogens with one attached hydrogen (secondary N) is 1. The summed E-state index contributed by atoms with van der Waals surface area (Å²) in [6.45, 7) is 12.7. The van der Waals surface area contributed by atoms with Crippen molar-refractivity contribution in [2.45, 2.75) is 52.2 Å². The highest BCUT2D eigenvalue weighted by Crippen LogP contribution is 2.23. The number of hydrogen-bond acceptors (Lipinski definition) is 2. The molecule has 0 radical (unpaired) electrons. The molecule has 0 aromatic rings. The van der Waals surface area contributed by atoms with Gasteiger partial charge in [0.15, 0.2) is 5.78 Å². The number of Topliss-reactive ketones (excluding diaryl/α,β-unsaturated/α-hetero) is 1. The minimum absolute atomic E-state index is 0.108. The number of rotatable bonds is 1. The fraction of sp³-hybridized carbons (Fsp3) is 0.818. The number of ketones is 1. The summed E-state index contributed by atoms with van der Waals surface area (Å²) in [6, 6.07) is -0.108. The average Bonchev–Trinajstić information content (AvgIpc) is 2.15. The van der Waals surface area contributed by atoms with Crippen molar-refractivity contribution in [2.24, 2.45) is 5.41 Å². The highest BCUT2D eigenvalue weighted by molar-refractivity contribution is 5.88. The van der Waals surface area contributed by atoms with Crippen molar-refractivity contribution in [3.8, 4) is 0 Å². The van der Waals surface area contributed by atoms with Crippen LogP contribution >= 0.6 is 0 Å². The van der Waals surface area contributed by atoms with Crippen LogP contribution in [-0.2, 0) is 4.79 Å². The second-order valence-electron chi connectivity index (χ2n) is 4.91. The summed E-state index contributed by atoms with van der Waals surface area (Å²) >= 11 is 0. The van der Waals surface area contributed by atoms with E-state index in [9.17, 15) is 4.79 Å². The molecule has 0 spiro atoms. The lowest BCUT2D eigenvalue weighted by atomic mass is 9.83. The van der Waals surface area contributed by atoms with Gasteiger partial charge in [-0.2, -0.15) is 0 Å². The van der Waals surface area contributed by atoms with E-state index >= 15 is 0 Å². The summed E-state index contributed by atoms with van der Waals surface area (Å²) in [4.78, 5) is 15.4. The van der Waals surface area contributed by atoms with E-state index in [4.69, 9.17) is 6.57 Å². The first-order valence-electron chi connectivity index (χ1n) is 5.12. The Balaban J connectivity index is 2.62. The second-order valence-corrected chi connectivity index (χ2v) is 4.91. The molecular weight excluding hydrogens is 176 g/mol. The Labute approximate surface area is 85.7 Å². The molecule has 0 bridgehead atoms. The van der Waals surface area contributed by atoms with E-state index in [0.29, 0.717) is 0 Å². The molecule has 0 aliphatic carbocycles. The first-order valence-corrected chi connectivity index (χ1v) is 5.12. The molecule has 2 unspecified atom stereocenters. The summed E-state index contributed by atoms with van der Waals surface area (Å²) in [6.07, 6.45) is 2.58. The molecule has 0 amide bonds. The number of piperidine rings is 1.